The molecule has 0 aliphatic carbocycles. The van der Waals surface area contributed by atoms with Crippen LogP contribution in [0.4, 0.5) is 4.39 Å². The number of methoxy groups -OCH3 is 1. The first kappa shape index (κ1) is 15.4. The van der Waals surface area contributed by atoms with Gasteiger partial charge in [0, 0.05) is 12.7 Å². The summed E-state index contributed by atoms with van der Waals surface area (Å²) in [4.78, 5) is 21.9. The van der Waals surface area contributed by atoms with E-state index in [-0.39, 0.29) is 10.7 Å². The normalized spacial score (nSPS) is 10.7. The Hall–Kier alpha value is -1.62. The average molecular weight is 282 g/mol. The summed E-state index contributed by atoms with van der Waals surface area (Å²) in [6, 6.07) is 4.32. The highest BCUT2D eigenvalue weighted by molar-refractivity contribution is 8.13. The molecule has 19 heavy (non-hydrogen) atoms. The van der Waals surface area contributed by atoms with E-state index in [1.54, 1.807) is 12.1 Å². The predicted molar refractivity (Wildman–Crippen MR) is 74.5 cm³/mol. The number of thioether (sulfide) groups is 1. The lowest BCUT2D eigenvalue weighted by Crippen LogP contribution is -2.04. The molecule has 0 radical (unpaired) electrons. The number of benzene rings is 1. The van der Waals surface area contributed by atoms with Gasteiger partial charge in [-0.15, -0.1) is 0 Å². The fraction of sp³-hybridized carbons (Fsp3) is 0.286. The second kappa shape index (κ2) is 7.74. The molecule has 1 aromatic carbocycles. The van der Waals surface area contributed by atoms with Crippen molar-refractivity contribution in [1.29, 1.82) is 0 Å². The minimum Gasteiger partial charge on any atom is -0.465 e. The zero-order valence-electron chi connectivity index (χ0n) is 10.8. The SMILES string of the molecule is COC(=O)c1ccc(C=CCCSC(C)=O)cc1F. The maximum Gasteiger partial charge on any atom is 0.340 e. The molecule has 0 bridgehead atoms. The van der Waals surface area contributed by atoms with E-state index in [0.29, 0.717) is 11.3 Å². The van der Waals surface area contributed by atoms with Crippen molar-refractivity contribution in [2.24, 2.45) is 0 Å². The topological polar surface area (TPSA) is 43.4 Å². The Labute approximate surface area is 115 Å². The van der Waals surface area contributed by atoms with E-state index in [4.69, 9.17) is 0 Å². The van der Waals surface area contributed by atoms with Gasteiger partial charge < -0.3 is 4.74 Å². The first-order chi connectivity index (χ1) is 9.04. The van der Waals surface area contributed by atoms with Crippen LogP contribution in [0.5, 0.6) is 0 Å². The van der Waals surface area contributed by atoms with Gasteiger partial charge in [-0.25, -0.2) is 9.18 Å². The van der Waals surface area contributed by atoms with Crippen LogP contribution in [0, 0.1) is 5.82 Å². The van der Waals surface area contributed by atoms with Crippen molar-refractivity contribution in [3.8, 4) is 0 Å². The predicted octanol–water partition coefficient (Wildman–Crippen LogP) is 3.30. The van der Waals surface area contributed by atoms with Crippen LogP contribution < -0.4 is 0 Å². The van der Waals surface area contributed by atoms with Gasteiger partial charge in [0.05, 0.1) is 12.7 Å². The molecule has 102 valence electrons. The molecule has 0 amide bonds. The summed E-state index contributed by atoms with van der Waals surface area (Å²) in [5, 5.41) is 0.0851. The largest absolute Gasteiger partial charge is 0.465 e. The molecule has 0 heterocycles. The number of halogens is 1. The highest BCUT2D eigenvalue weighted by Gasteiger charge is 2.11. The van der Waals surface area contributed by atoms with E-state index in [1.165, 1.54) is 37.9 Å². The molecule has 0 unspecified atom stereocenters. The van der Waals surface area contributed by atoms with Gasteiger partial charge in [0.15, 0.2) is 5.12 Å². The summed E-state index contributed by atoms with van der Waals surface area (Å²) in [5.74, 6) is -0.591. The zero-order chi connectivity index (χ0) is 14.3. The summed E-state index contributed by atoms with van der Waals surface area (Å²) in [6.45, 7) is 1.52. The molecule has 1 rings (SSSR count). The number of carbonyl (C=O) groups excluding carboxylic acids is 2. The first-order valence-corrected chi connectivity index (χ1v) is 6.71. The molecule has 0 atom stereocenters. The minimum atomic E-state index is -0.689. The van der Waals surface area contributed by atoms with Crippen LogP contribution in [0.2, 0.25) is 0 Å². The van der Waals surface area contributed by atoms with E-state index < -0.39 is 11.8 Å². The van der Waals surface area contributed by atoms with Crippen molar-refractivity contribution in [3.63, 3.8) is 0 Å². The van der Waals surface area contributed by atoms with Crippen LogP contribution in [-0.4, -0.2) is 23.9 Å². The van der Waals surface area contributed by atoms with Crippen molar-refractivity contribution in [2.75, 3.05) is 12.9 Å². The monoisotopic (exact) mass is 282 g/mol. The van der Waals surface area contributed by atoms with E-state index in [9.17, 15) is 14.0 Å². The molecule has 0 saturated carbocycles. The molecule has 0 spiro atoms. The maximum absolute atomic E-state index is 13.6. The van der Waals surface area contributed by atoms with Gasteiger partial charge in [-0.3, -0.25) is 4.79 Å². The first-order valence-electron chi connectivity index (χ1n) is 5.72. The van der Waals surface area contributed by atoms with Crippen molar-refractivity contribution < 1.29 is 18.7 Å². The number of carbonyl (C=O) groups is 2. The maximum atomic E-state index is 13.6. The van der Waals surface area contributed by atoms with Crippen LogP contribution in [0.15, 0.2) is 24.3 Å². The molecule has 0 fully saturated rings. The van der Waals surface area contributed by atoms with Gasteiger partial charge in [0.25, 0.3) is 0 Å². The Bertz CT molecular complexity index is 497. The van der Waals surface area contributed by atoms with E-state index >= 15 is 0 Å². The lowest BCUT2D eigenvalue weighted by atomic mass is 10.1. The minimum absolute atomic E-state index is 0.0771. The summed E-state index contributed by atoms with van der Waals surface area (Å²) < 4.78 is 18.0. The van der Waals surface area contributed by atoms with Crippen LogP contribution in [-0.2, 0) is 9.53 Å². The number of hydrogen-bond donors (Lipinski definition) is 0. The van der Waals surface area contributed by atoms with Gasteiger partial charge in [-0.1, -0.05) is 30.0 Å². The van der Waals surface area contributed by atoms with Gasteiger partial charge in [0.2, 0.25) is 0 Å². The molecule has 0 aliphatic heterocycles. The van der Waals surface area contributed by atoms with Gasteiger partial charge in [0.1, 0.15) is 5.82 Å². The molecule has 0 aliphatic rings. The standard InChI is InChI=1S/C14H15FO3S/c1-10(16)19-8-4-3-5-11-6-7-12(13(15)9-11)14(17)18-2/h3,5-7,9H,4,8H2,1-2H3. The van der Waals surface area contributed by atoms with Crippen molar-refractivity contribution in [3.05, 3.63) is 41.2 Å². The molecule has 0 saturated heterocycles. The molecule has 3 nitrogen and oxygen atoms in total. The lowest BCUT2D eigenvalue weighted by Gasteiger charge is -2.01. The summed E-state index contributed by atoms with van der Waals surface area (Å²) >= 11 is 1.25. The Morgan fingerprint density at radius 3 is 2.74 bits per heavy atom. The Balaban J connectivity index is 2.61. The van der Waals surface area contributed by atoms with E-state index in [1.807, 2.05) is 6.08 Å². The molecule has 0 aromatic heterocycles. The molecular formula is C14H15FO3S. The van der Waals surface area contributed by atoms with E-state index in [0.717, 1.165) is 6.42 Å². The second-order valence-corrected chi connectivity index (χ2v) is 5.03. The zero-order valence-corrected chi connectivity index (χ0v) is 11.6. The molecular weight excluding hydrogens is 267 g/mol. The Morgan fingerprint density at radius 1 is 1.42 bits per heavy atom. The highest BCUT2D eigenvalue weighted by Crippen LogP contribution is 2.13. The molecule has 0 N–H and O–H groups in total. The molecule has 5 heteroatoms. The molecule has 1 aromatic rings. The number of allylic oxidation sites excluding steroid dienone is 1. The smallest absolute Gasteiger partial charge is 0.340 e. The average Bonchev–Trinajstić information content (AvgIpc) is 2.37. The third-order valence-electron chi connectivity index (χ3n) is 2.30. The van der Waals surface area contributed by atoms with Crippen molar-refractivity contribution in [2.45, 2.75) is 13.3 Å². The third-order valence-corrected chi connectivity index (χ3v) is 3.14. The summed E-state index contributed by atoms with van der Waals surface area (Å²) in [5.41, 5.74) is 0.588. The number of ether oxygens (including phenoxy) is 1. The number of esters is 1. The second-order valence-electron chi connectivity index (χ2n) is 3.76. The summed E-state index contributed by atoms with van der Waals surface area (Å²) in [6.07, 6.45) is 4.35. The van der Waals surface area contributed by atoms with Gasteiger partial charge in [-0.05, 0) is 24.1 Å². The highest BCUT2D eigenvalue weighted by atomic mass is 32.2. The van der Waals surface area contributed by atoms with Gasteiger partial charge in [-0.2, -0.15) is 0 Å². The number of rotatable bonds is 5. The van der Waals surface area contributed by atoms with Crippen LogP contribution in [0.3, 0.4) is 0 Å². The fourth-order valence-electron chi connectivity index (χ4n) is 1.40. The van der Waals surface area contributed by atoms with Gasteiger partial charge >= 0.3 is 5.97 Å². The van der Waals surface area contributed by atoms with Crippen molar-refractivity contribution in [1.82, 2.24) is 0 Å². The summed E-state index contributed by atoms with van der Waals surface area (Å²) in [7, 11) is 1.21. The fourth-order valence-corrected chi connectivity index (χ4v) is 1.94. The van der Waals surface area contributed by atoms with Crippen molar-refractivity contribution >= 4 is 28.9 Å². The van der Waals surface area contributed by atoms with Crippen LogP contribution >= 0.6 is 11.8 Å². The van der Waals surface area contributed by atoms with Crippen LogP contribution in [0.1, 0.15) is 29.3 Å². The van der Waals surface area contributed by atoms with Crippen LogP contribution in [0.25, 0.3) is 6.08 Å². The van der Waals surface area contributed by atoms with E-state index in [2.05, 4.69) is 4.74 Å². The third kappa shape index (κ3) is 5.26. The lowest BCUT2D eigenvalue weighted by molar-refractivity contribution is -0.109. The quantitative estimate of drug-likeness (QED) is 0.614. The Kier molecular flexibility index (Phi) is 6.29. The Morgan fingerprint density at radius 2 is 2.16 bits per heavy atom. The number of hydrogen-bond acceptors (Lipinski definition) is 4.